The predicted octanol–water partition coefficient (Wildman–Crippen LogP) is 5.68. The van der Waals surface area contributed by atoms with Crippen LogP contribution in [0, 0.1) is 17.0 Å². The number of aryl methyl sites for hydroxylation is 1. The average Bonchev–Trinajstić information content (AvgIpc) is 2.83. The monoisotopic (exact) mass is 519 g/mol. The highest BCUT2D eigenvalue weighted by Crippen LogP contribution is 2.27. The molecule has 0 aliphatic rings. The first-order chi connectivity index (χ1) is 16.3. The van der Waals surface area contributed by atoms with Crippen LogP contribution in [0.1, 0.15) is 15.9 Å². The van der Waals surface area contributed by atoms with Crippen molar-refractivity contribution >= 4 is 50.1 Å². The highest BCUT2D eigenvalue weighted by molar-refractivity contribution is 9.10. The van der Waals surface area contributed by atoms with Gasteiger partial charge in [0.25, 0.3) is 11.6 Å². The Morgan fingerprint density at radius 3 is 2.53 bits per heavy atom. The number of nitrogens with one attached hydrogen (secondary N) is 1. The third-order valence-electron chi connectivity index (χ3n) is 5.10. The second-order valence-electron chi connectivity index (χ2n) is 7.46. The molecular weight excluding hydrogens is 502 g/mol. The molecule has 1 amide bonds. The number of halogens is 1. The number of ether oxygens (including phenoxy) is 1. The van der Waals surface area contributed by atoms with Gasteiger partial charge in [-0.25, -0.2) is 9.78 Å². The maximum Gasteiger partial charge on any atom is 0.339 e. The zero-order chi connectivity index (χ0) is 24.2. The standard InChI is InChI=1S/C25H18BrN3O5/c1-15-6-11-18(12-23(15)29(32)33)27-24(30)14-34-25(31)20-13-22(16-7-9-17(26)10-8-16)28-21-5-3-2-4-19(20)21/h2-13H,14H2,1H3,(H,27,30). The van der Waals surface area contributed by atoms with Crippen LogP contribution < -0.4 is 5.32 Å². The number of amides is 1. The van der Waals surface area contributed by atoms with E-state index in [1.165, 1.54) is 12.1 Å². The van der Waals surface area contributed by atoms with Crippen molar-refractivity contribution in [3.63, 3.8) is 0 Å². The maximum atomic E-state index is 12.9. The molecule has 4 aromatic rings. The topological polar surface area (TPSA) is 111 Å². The molecule has 4 rings (SSSR count). The number of hydrogen-bond acceptors (Lipinski definition) is 6. The van der Waals surface area contributed by atoms with Gasteiger partial charge in [0.2, 0.25) is 0 Å². The van der Waals surface area contributed by atoms with Crippen molar-refractivity contribution in [2.45, 2.75) is 6.92 Å². The number of esters is 1. The Bertz CT molecular complexity index is 1420. The number of pyridine rings is 1. The third kappa shape index (κ3) is 5.10. The number of carbonyl (C=O) groups excluding carboxylic acids is 2. The van der Waals surface area contributed by atoms with E-state index in [1.54, 1.807) is 37.3 Å². The predicted molar refractivity (Wildman–Crippen MR) is 132 cm³/mol. The van der Waals surface area contributed by atoms with E-state index in [1.807, 2.05) is 30.3 Å². The molecule has 170 valence electrons. The van der Waals surface area contributed by atoms with Crippen LogP contribution >= 0.6 is 15.9 Å². The zero-order valence-electron chi connectivity index (χ0n) is 17.9. The fourth-order valence-corrected chi connectivity index (χ4v) is 3.67. The van der Waals surface area contributed by atoms with Crippen molar-refractivity contribution in [3.8, 4) is 11.3 Å². The van der Waals surface area contributed by atoms with Gasteiger partial charge in [0, 0.05) is 32.7 Å². The number of nitrogens with zero attached hydrogens (tertiary/aromatic N) is 2. The number of benzene rings is 3. The van der Waals surface area contributed by atoms with Crippen LogP contribution in [-0.2, 0) is 9.53 Å². The molecule has 1 N–H and O–H groups in total. The Hall–Kier alpha value is -4.11. The number of aromatic nitrogens is 1. The van der Waals surface area contributed by atoms with Crippen LogP contribution in [0.3, 0.4) is 0 Å². The third-order valence-corrected chi connectivity index (χ3v) is 5.63. The second kappa shape index (κ2) is 9.80. The van der Waals surface area contributed by atoms with Crippen LogP contribution in [0.25, 0.3) is 22.2 Å². The van der Waals surface area contributed by atoms with E-state index in [9.17, 15) is 19.7 Å². The van der Waals surface area contributed by atoms with Crippen molar-refractivity contribution in [1.29, 1.82) is 0 Å². The van der Waals surface area contributed by atoms with E-state index in [-0.39, 0.29) is 16.9 Å². The fourth-order valence-electron chi connectivity index (χ4n) is 3.40. The summed E-state index contributed by atoms with van der Waals surface area (Å²) in [5.41, 5.74) is 2.91. The molecule has 0 saturated heterocycles. The SMILES string of the molecule is Cc1ccc(NC(=O)COC(=O)c2cc(-c3ccc(Br)cc3)nc3ccccc23)cc1[N+](=O)[O-]. The summed E-state index contributed by atoms with van der Waals surface area (Å²) >= 11 is 3.40. The molecule has 3 aromatic carbocycles. The number of para-hydroxylation sites is 1. The molecule has 0 fully saturated rings. The van der Waals surface area contributed by atoms with Gasteiger partial charge in [-0.2, -0.15) is 0 Å². The van der Waals surface area contributed by atoms with Crippen molar-refractivity contribution < 1.29 is 19.2 Å². The highest BCUT2D eigenvalue weighted by atomic mass is 79.9. The smallest absolute Gasteiger partial charge is 0.339 e. The lowest BCUT2D eigenvalue weighted by molar-refractivity contribution is -0.385. The van der Waals surface area contributed by atoms with Gasteiger partial charge >= 0.3 is 5.97 Å². The van der Waals surface area contributed by atoms with Crippen LogP contribution in [-0.4, -0.2) is 28.4 Å². The first-order valence-electron chi connectivity index (χ1n) is 10.2. The van der Waals surface area contributed by atoms with Gasteiger partial charge in [-0.05, 0) is 37.3 Å². The number of hydrogen-bond donors (Lipinski definition) is 1. The molecule has 0 atom stereocenters. The van der Waals surface area contributed by atoms with Crippen LogP contribution in [0.2, 0.25) is 0 Å². The Kier molecular flexibility index (Phi) is 6.65. The molecule has 0 unspecified atom stereocenters. The molecule has 0 aliphatic heterocycles. The van der Waals surface area contributed by atoms with Gasteiger partial charge in [-0.3, -0.25) is 14.9 Å². The number of anilines is 1. The Labute approximate surface area is 202 Å². The lowest BCUT2D eigenvalue weighted by Crippen LogP contribution is -2.21. The molecule has 0 saturated carbocycles. The number of rotatable bonds is 6. The van der Waals surface area contributed by atoms with Gasteiger partial charge in [-0.1, -0.05) is 52.3 Å². The number of nitro groups is 1. The largest absolute Gasteiger partial charge is 0.452 e. The van der Waals surface area contributed by atoms with E-state index in [0.29, 0.717) is 22.2 Å². The summed E-state index contributed by atoms with van der Waals surface area (Å²) in [5, 5.41) is 14.2. The maximum absolute atomic E-state index is 12.9. The minimum absolute atomic E-state index is 0.112. The number of fused-ring (bicyclic) bond motifs is 1. The van der Waals surface area contributed by atoms with Crippen LogP contribution in [0.4, 0.5) is 11.4 Å². The summed E-state index contributed by atoms with van der Waals surface area (Å²) in [4.78, 5) is 40.5. The number of nitro benzene ring substituents is 1. The van der Waals surface area contributed by atoms with E-state index >= 15 is 0 Å². The summed E-state index contributed by atoms with van der Waals surface area (Å²) in [6.07, 6.45) is 0. The molecule has 0 radical (unpaired) electrons. The molecule has 34 heavy (non-hydrogen) atoms. The summed E-state index contributed by atoms with van der Waals surface area (Å²) < 4.78 is 6.18. The Morgan fingerprint density at radius 1 is 1.06 bits per heavy atom. The van der Waals surface area contributed by atoms with Crippen LogP contribution in [0.15, 0.2) is 77.3 Å². The van der Waals surface area contributed by atoms with E-state index in [2.05, 4.69) is 26.2 Å². The van der Waals surface area contributed by atoms with Crippen molar-refractivity contribution in [3.05, 3.63) is 98.5 Å². The first kappa shape index (κ1) is 23.1. The normalized spacial score (nSPS) is 10.6. The quantitative estimate of drug-likeness (QED) is 0.199. The van der Waals surface area contributed by atoms with Crippen molar-refractivity contribution in [1.82, 2.24) is 4.98 Å². The lowest BCUT2D eigenvalue weighted by atomic mass is 10.0. The molecule has 0 spiro atoms. The van der Waals surface area contributed by atoms with E-state index in [0.717, 1.165) is 10.0 Å². The molecule has 1 aromatic heterocycles. The van der Waals surface area contributed by atoms with Crippen LogP contribution in [0.5, 0.6) is 0 Å². The summed E-state index contributed by atoms with van der Waals surface area (Å²) in [6, 6.07) is 20.7. The van der Waals surface area contributed by atoms with Gasteiger partial charge in [0.1, 0.15) is 0 Å². The Morgan fingerprint density at radius 2 is 1.79 bits per heavy atom. The molecule has 8 nitrogen and oxygen atoms in total. The summed E-state index contributed by atoms with van der Waals surface area (Å²) in [7, 11) is 0. The van der Waals surface area contributed by atoms with Gasteiger partial charge in [0.05, 0.1) is 21.7 Å². The fraction of sp³-hybridized carbons (Fsp3) is 0.0800. The summed E-state index contributed by atoms with van der Waals surface area (Å²) in [6.45, 7) is 1.05. The lowest BCUT2D eigenvalue weighted by Gasteiger charge is -2.11. The minimum atomic E-state index is -0.679. The first-order valence-corrected chi connectivity index (χ1v) is 11.0. The van der Waals surface area contributed by atoms with E-state index < -0.39 is 23.4 Å². The molecule has 9 heteroatoms. The van der Waals surface area contributed by atoms with Crippen molar-refractivity contribution in [2.24, 2.45) is 0 Å². The van der Waals surface area contributed by atoms with Crippen molar-refractivity contribution in [2.75, 3.05) is 11.9 Å². The summed E-state index contributed by atoms with van der Waals surface area (Å²) in [5.74, 6) is -1.29. The minimum Gasteiger partial charge on any atom is -0.452 e. The molecule has 1 heterocycles. The average molecular weight is 520 g/mol. The molecule has 0 bridgehead atoms. The molecular formula is C25H18BrN3O5. The van der Waals surface area contributed by atoms with E-state index in [4.69, 9.17) is 4.74 Å². The number of carbonyl (C=O) groups is 2. The van der Waals surface area contributed by atoms with Gasteiger partial charge in [-0.15, -0.1) is 0 Å². The van der Waals surface area contributed by atoms with Gasteiger partial charge in [0.15, 0.2) is 6.61 Å². The second-order valence-corrected chi connectivity index (χ2v) is 8.38. The van der Waals surface area contributed by atoms with Gasteiger partial charge < -0.3 is 10.1 Å². The Balaban J connectivity index is 1.53. The highest BCUT2D eigenvalue weighted by Gasteiger charge is 2.17. The molecule has 0 aliphatic carbocycles. The zero-order valence-corrected chi connectivity index (χ0v) is 19.5.